The lowest BCUT2D eigenvalue weighted by molar-refractivity contribution is -0.193. The van der Waals surface area contributed by atoms with E-state index in [0.717, 1.165) is 5.56 Å². The number of carboxylic acids is 2. The quantitative estimate of drug-likeness (QED) is 0.286. The number of ether oxygens (including phenoxy) is 1. The number of pyridine rings is 1. The number of morpholine rings is 1. The van der Waals surface area contributed by atoms with Crippen molar-refractivity contribution in [1.29, 1.82) is 0 Å². The molecule has 0 saturated carbocycles. The Labute approximate surface area is 236 Å². The van der Waals surface area contributed by atoms with E-state index in [1.165, 1.54) is 13.4 Å². The molecule has 0 spiro atoms. The van der Waals surface area contributed by atoms with Crippen LogP contribution in [-0.4, -0.2) is 106 Å². The molecule has 2 unspecified atom stereocenters. The third-order valence-corrected chi connectivity index (χ3v) is 5.54. The van der Waals surface area contributed by atoms with Gasteiger partial charge in [-0.05, 0) is 23.8 Å². The van der Waals surface area contributed by atoms with E-state index >= 15 is 0 Å². The molecule has 2 fully saturated rings. The van der Waals surface area contributed by atoms with Gasteiger partial charge in [0.05, 0.1) is 30.1 Å². The molecule has 4 heterocycles. The fourth-order valence-corrected chi connectivity index (χ4v) is 3.80. The van der Waals surface area contributed by atoms with Gasteiger partial charge in [0, 0.05) is 20.1 Å². The Hall–Kier alpha value is -4.10. The van der Waals surface area contributed by atoms with Crippen molar-refractivity contribution in [2.24, 2.45) is 0 Å². The Morgan fingerprint density at radius 2 is 1.62 bits per heavy atom. The molecular weight excluding hydrogens is 610 g/mol. The topological polar surface area (TPSA) is 184 Å². The SMILES string of the molecule is CNC(=O)c1cc(-c2cc(C3CNCC4COCC(=O)N43)cc(Cl)n2)ncn1.O=C(O)C(F)(F)F.O=C(O)C(F)(F)F. The first kappa shape index (κ1) is 34.1. The molecule has 20 heteroatoms. The van der Waals surface area contributed by atoms with Crippen LogP contribution in [0.4, 0.5) is 26.3 Å². The molecule has 2 aliphatic heterocycles. The molecule has 0 bridgehead atoms. The number of rotatable bonds is 3. The molecule has 2 amide bonds. The number of fused-ring (bicyclic) bond motifs is 1. The van der Waals surface area contributed by atoms with Crippen LogP contribution < -0.4 is 10.6 Å². The summed E-state index contributed by atoms with van der Waals surface area (Å²) in [5.41, 5.74) is 2.07. The van der Waals surface area contributed by atoms with Gasteiger partial charge in [0.15, 0.2) is 0 Å². The van der Waals surface area contributed by atoms with E-state index in [1.807, 2.05) is 11.0 Å². The van der Waals surface area contributed by atoms with Crippen molar-refractivity contribution in [1.82, 2.24) is 30.5 Å². The number of aliphatic carboxylic acids is 2. The van der Waals surface area contributed by atoms with E-state index in [-0.39, 0.29) is 41.4 Å². The zero-order valence-corrected chi connectivity index (χ0v) is 21.9. The van der Waals surface area contributed by atoms with E-state index in [4.69, 9.17) is 36.1 Å². The molecule has 2 aromatic rings. The average molecular weight is 631 g/mol. The minimum atomic E-state index is -5.08. The van der Waals surface area contributed by atoms with Crippen molar-refractivity contribution < 1.29 is 60.5 Å². The summed E-state index contributed by atoms with van der Waals surface area (Å²) >= 11 is 6.28. The zero-order chi connectivity index (χ0) is 31.8. The van der Waals surface area contributed by atoms with E-state index < -0.39 is 24.3 Å². The molecule has 13 nitrogen and oxygen atoms in total. The summed E-state index contributed by atoms with van der Waals surface area (Å²) in [4.78, 5) is 56.5. The number of nitrogens with one attached hydrogen (secondary N) is 2. The second kappa shape index (κ2) is 14.2. The van der Waals surface area contributed by atoms with Crippen LogP contribution in [0.3, 0.4) is 0 Å². The highest BCUT2D eigenvalue weighted by Crippen LogP contribution is 2.31. The smallest absolute Gasteiger partial charge is 0.475 e. The van der Waals surface area contributed by atoms with Crippen LogP contribution in [-0.2, 0) is 19.1 Å². The van der Waals surface area contributed by atoms with Gasteiger partial charge in [-0.3, -0.25) is 9.59 Å². The molecule has 0 aliphatic carbocycles. The van der Waals surface area contributed by atoms with Crippen LogP contribution in [0.1, 0.15) is 22.1 Å². The summed E-state index contributed by atoms with van der Waals surface area (Å²) in [6, 6.07) is 4.95. The Balaban J connectivity index is 0.000000367. The predicted octanol–water partition coefficient (Wildman–Crippen LogP) is 1.69. The Morgan fingerprint density at radius 3 is 2.17 bits per heavy atom. The molecule has 2 aliphatic rings. The second-order valence-electron chi connectivity index (χ2n) is 8.23. The van der Waals surface area contributed by atoms with E-state index in [2.05, 4.69) is 25.6 Å². The molecular formula is C22H21ClF6N6O7. The van der Waals surface area contributed by atoms with Crippen molar-refractivity contribution in [2.45, 2.75) is 24.4 Å². The highest BCUT2D eigenvalue weighted by atomic mass is 35.5. The minimum absolute atomic E-state index is 0.0192. The summed E-state index contributed by atoms with van der Waals surface area (Å²) in [5, 5.41) is 20.4. The number of carboxylic acid groups (broad SMARTS) is 2. The molecule has 2 atom stereocenters. The van der Waals surface area contributed by atoms with Gasteiger partial charge in [0.2, 0.25) is 5.91 Å². The van der Waals surface area contributed by atoms with Gasteiger partial charge in [-0.15, -0.1) is 0 Å². The number of halogens is 7. The fourth-order valence-electron chi connectivity index (χ4n) is 3.58. The van der Waals surface area contributed by atoms with Crippen LogP contribution in [0.15, 0.2) is 24.5 Å². The second-order valence-corrected chi connectivity index (χ2v) is 8.61. The number of carbonyl (C=O) groups excluding carboxylic acids is 2. The number of aromatic nitrogens is 3. The summed E-state index contributed by atoms with van der Waals surface area (Å²) in [5.74, 6) is -5.87. The monoisotopic (exact) mass is 630 g/mol. The number of piperazine rings is 1. The summed E-state index contributed by atoms with van der Waals surface area (Å²) in [7, 11) is 1.53. The maximum Gasteiger partial charge on any atom is 0.490 e. The Kier molecular flexibility index (Phi) is 11.5. The molecule has 4 N–H and O–H groups in total. The lowest BCUT2D eigenvalue weighted by Crippen LogP contribution is -2.60. The summed E-state index contributed by atoms with van der Waals surface area (Å²) < 4.78 is 68.8. The molecule has 4 rings (SSSR count). The third kappa shape index (κ3) is 9.48. The van der Waals surface area contributed by atoms with Crippen molar-refractivity contribution in [3.05, 3.63) is 40.9 Å². The Morgan fingerprint density at radius 1 is 1.02 bits per heavy atom. The van der Waals surface area contributed by atoms with Crippen molar-refractivity contribution in [3.63, 3.8) is 0 Å². The predicted molar refractivity (Wildman–Crippen MR) is 128 cm³/mol. The largest absolute Gasteiger partial charge is 0.490 e. The highest BCUT2D eigenvalue weighted by Gasteiger charge is 2.39. The van der Waals surface area contributed by atoms with Gasteiger partial charge < -0.3 is 30.5 Å². The number of carbonyl (C=O) groups is 4. The van der Waals surface area contributed by atoms with Crippen molar-refractivity contribution >= 4 is 35.4 Å². The van der Waals surface area contributed by atoms with Crippen LogP contribution in [0, 0.1) is 0 Å². The van der Waals surface area contributed by atoms with Crippen molar-refractivity contribution in [2.75, 3.05) is 33.4 Å². The standard InChI is InChI=1S/C18H19ClN6O3.2C2HF3O2/c1-20-18(27)14-4-12(22-9-23-14)13-2-10(3-16(19)24-13)15-6-21-5-11-7-28-8-17(26)25(11)15;2*3-2(4,5)1(6)7/h2-4,9,11,15,21H,5-8H2,1H3,(H,20,27);2*(H,6,7). The van der Waals surface area contributed by atoms with Crippen LogP contribution in [0.25, 0.3) is 11.4 Å². The number of hydrogen-bond donors (Lipinski definition) is 4. The maximum atomic E-state index is 12.5. The number of hydrogen-bond acceptors (Lipinski definition) is 9. The van der Waals surface area contributed by atoms with Gasteiger partial charge in [0.1, 0.15) is 23.8 Å². The van der Waals surface area contributed by atoms with Crippen LogP contribution >= 0.6 is 11.6 Å². The lowest BCUT2D eigenvalue weighted by Gasteiger charge is -2.45. The highest BCUT2D eigenvalue weighted by molar-refractivity contribution is 6.29. The third-order valence-electron chi connectivity index (χ3n) is 5.35. The molecule has 2 aromatic heterocycles. The van der Waals surface area contributed by atoms with Gasteiger partial charge in [0.25, 0.3) is 5.91 Å². The number of amides is 2. The van der Waals surface area contributed by atoms with Crippen molar-refractivity contribution in [3.8, 4) is 11.4 Å². The number of nitrogens with zero attached hydrogens (tertiary/aromatic N) is 4. The lowest BCUT2D eigenvalue weighted by atomic mass is 9.99. The van der Waals surface area contributed by atoms with E-state index in [0.29, 0.717) is 31.1 Å². The molecule has 2 saturated heterocycles. The summed E-state index contributed by atoms with van der Waals surface area (Å²) in [6.07, 6.45) is -8.86. The van der Waals surface area contributed by atoms with Gasteiger partial charge in [-0.25, -0.2) is 24.5 Å². The normalized spacial score (nSPS) is 18.4. The van der Waals surface area contributed by atoms with Crippen LogP contribution in [0.5, 0.6) is 0 Å². The first-order chi connectivity index (χ1) is 19.4. The molecule has 42 heavy (non-hydrogen) atoms. The maximum absolute atomic E-state index is 12.5. The summed E-state index contributed by atoms with van der Waals surface area (Å²) in [6.45, 7) is 1.88. The average Bonchev–Trinajstić information content (AvgIpc) is 2.92. The minimum Gasteiger partial charge on any atom is -0.475 e. The van der Waals surface area contributed by atoms with E-state index in [9.17, 15) is 35.9 Å². The van der Waals surface area contributed by atoms with Gasteiger partial charge in [-0.2, -0.15) is 26.3 Å². The van der Waals surface area contributed by atoms with Gasteiger partial charge >= 0.3 is 24.3 Å². The fraction of sp³-hybridized carbons (Fsp3) is 0.409. The van der Waals surface area contributed by atoms with E-state index in [1.54, 1.807) is 12.1 Å². The van der Waals surface area contributed by atoms with Gasteiger partial charge in [-0.1, -0.05) is 11.6 Å². The molecule has 0 radical (unpaired) electrons. The first-order valence-electron chi connectivity index (χ1n) is 11.4. The zero-order valence-electron chi connectivity index (χ0n) is 21.2. The molecule has 0 aromatic carbocycles. The number of alkyl halides is 6. The first-order valence-corrected chi connectivity index (χ1v) is 11.7. The molecule has 230 valence electrons. The Bertz CT molecular complexity index is 1290. The van der Waals surface area contributed by atoms with Crippen LogP contribution in [0.2, 0.25) is 5.15 Å².